The summed E-state index contributed by atoms with van der Waals surface area (Å²) in [7, 11) is 0. The van der Waals surface area contributed by atoms with Crippen LogP contribution in [0.15, 0.2) is 54.6 Å². The average molecular weight is 512 g/mol. The van der Waals surface area contributed by atoms with Crippen molar-refractivity contribution in [1.82, 2.24) is 15.8 Å². The van der Waals surface area contributed by atoms with Crippen molar-refractivity contribution in [2.75, 3.05) is 6.61 Å². The van der Waals surface area contributed by atoms with Crippen molar-refractivity contribution >= 4 is 17.5 Å². The normalized spacial score (nSPS) is 23.2. The Morgan fingerprint density at radius 2 is 1.75 bits per heavy atom. The first-order chi connectivity index (χ1) is 17.3. The maximum absolute atomic E-state index is 13.7. The van der Waals surface area contributed by atoms with E-state index in [4.69, 9.17) is 16.3 Å². The van der Waals surface area contributed by atoms with Crippen molar-refractivity contribution in [3.63, 3.8) is 0 Å². The highest BCUT2D eigenvalue weighted by Crippen LogP contribution is 2.50. The number of phenols is 2. The fourth-order valence-corrected chi connectivity index (χ4v) is 5.42. The number of ether oxygens (including phenoxy) is 1. The molecule has 0 aromatic heterocycles. The molecule has 0 radical (unpaired) electrons. The first kappa shape index (κ1) is 24.4. The zero-order valence-corrected chi connectivity index (χ0v) is 20.6. The van der Waals surface area contributed by atoms with Gasteiger partial charge in [0.15, 0.2) is 11.5 Å². The van der Waals surface area contributed by atoms with Gasteiger partial charge in [-0.3, -0.25) is 4.79 Å². The smallest absolute Gasteiger partial charge is 0.242 e. The van der Waals surface area contributed by atoms with Crippen molar-refractivity contribution in [1.29, 1.82) is 0 Å². The molecule has 2 aliphatic heterocycles. The molecular formula is C27H27ClFN3O4. The third-order valence-electron chi connectivity index (χ3n) is 6.95. The summed E-state index contributed by atoms with van der Waals surface area (Å²) in [6, 6.07) is 13.0. The minimum Gasteiger partial charge on any atom is -0.508 e. The molecule has 2 aliphatic rings. The molecule has 0 saturated carbocycles. The van der Waals surface area contributed by atoms with Crippen LogP contribution in [0, 0.1) is 18.7 Å². The second kappa shape index (κ2) is 9.61. The fraction of sp³-hybridized carbons (Fsp3) is 0.296. The summed E-state index contributed by atoms with van der Waals surface area (Å²) < 4.78 is 19.1. The van der Waals surface area contributed by atoms with Crippen molar-refractivity contribution in [2.45, 2.75) is 38.5 Å². The Balaban J connectivity index is 1.60. The number of hydrazine groups is 1. The van der Waals surface area contributed by atoms with Gasteiger partial charge in [0.25, 0.3) is 0 Å². The molecule has 5 rings (SSSR count). The predicted octanol–water partition coefficient (Wildman–Crippen LogP) is 4.51. The molecule has 4 atom stereocenters. The lowest BCUT2D eigenvalue weighted by molar-refractivity contribution is -0.131. The van der Waals surface area contributed by atoms with Crippen molar-refractivity contribution in [3.05, 3.63) is 87.7 Å². The number of phenolic OH excluding ortho intramolecular Hbond substituents is 2. The van der Waals surface area contributed by atoms with Gasteiger partial charge in [0.2, 0.25) is 5.91 Å². The van der Waals surface area contributed by atoms with Crippen LogP contribution in [0.3, 0.4) is 0 Å². The number of aryl methyl sites for hydroxylation is 1. The summed E-state index contributed by atoms with van der Waals surface area (Å²) >= 11 is 6.40. The third kappa shape index (κ3) is 4.25. The lowest BCUT2D eigenvalue weighted by Gasteiger charge is -2.32. The summed E-state index contributed by atoms with van der Waals surface area (Å²) in [5, 5.41) is 21.6. The summed E-state index contributed by atoms with van der Waals surface area (Å²) in [6.07, 6.45) is 0. The highest BCUT2D eigenvalue weighted by molar-refractivity contribution is 6.31. The highest BCUT2D eigenvalue weighted by atomic mass is 35.5. The van der Waals surface area contributed by atoms with Gasteiger partial charge in [0, 0.05) is 23.0 Å². The Labute approximate surface area is 213 Å². The molecule has 188 valence electrons. The molecule has 0 spiro atoms. The van der Waals surface area contributed by atoms with Gasteiger partial charge in [-0.2, -0.15) is 0 Å². The largest absolute Gasteiger partial charge is 0.508 e. The van der Waals surface area contributed by atoms with Gasteiger partial charge in [-0.15, -0.1) is 0 Å². The van der Waals surface area contributed by atoms with Gasteiger partial charge in [0.05, 0.1) is 18.7 Å². The molecule has 0 bridgehead atoms. The van der Waals surface area contributed by atoms with E-state index in [1.807, 2.05) is 13.8 Å². The van der Waals surface area contributed by atoms with Gasteiger partial charge in [-0.05, 0) is 66.9 Å². The van der Waals surface area contributed by atoms with Crippen LogP contribution in [0.1, 0.15) is 41.3 Å². The van der Waals surface area contributed by atoms with E-state index >= 15 is 0 Å². The van der Waals surface area contributed by atoms with E-state index in [9.17, 15) is 19.4 Å². The summed E-state index contributed by atoms with van der Waals surface area (Å²) in [4.78, 5) is 15.4. The molecule has 3 aromatic carbocycles. The topological polar surface area (TPSA) is 94.1 Å². The number of halogens is 2. The van der Waals surface area contributed by atoms with Crippen molar-refractivity contribution in [2.24, 2.45) is 5.92 Å². The van der Waals surface area contributed by atoms with Gasteiger partial charge in [-0.25, -0.2) is 15.2 Å². The first-order valence-electron chi connectivity index (χ1n) is 11.8. The maximum atomic E-state index is 13.7. The number of fused-ring (bicyclic) bond motifs is 1. The lowest BCUT2D eigenvalue weighted by Crippen LogP contribution is -2.41. The van der Waals surface area contributed by atoms with Crippen LogP contribution in [0.4, 0.5) is 4.39 Å². The Morgan fingerprint density at radius 1 is 1.03 bits per heavy atom. The van der Waals surface area contributed by atoms with Crippen LogP contribution in [-0.2, 0) is 11.3 Å². The second-order valence-electron chi connectivity index (χ2n) is 9.18. The summed E-state index contributed by atoms with van der Waals surface area (Å²) in [5.41, 5.74) is 9.19. The number of carbonyl (C=O) groups excluding carboxylic acids is 1. The summed E-state index contributed by atoms with van der Waals surface area (Å²) in [6.45, 7) is 4.27. The quantitative estimate of drug-likeness (QED) is 0.389. The minimum atomic E-state index is -0.579. The number of amides is 1. The molecule has 2 fully saturated rings. The van der Waals surface area contributed by atoms with Gasteiger partial charge in [0.1, 0.15) is 17.6 Å². The van der Waals surface area contributed by atoms with E-state index in [0.717, 1.165) is 16.7 Å². The van der Waals surface area contributed by atoms with E-state index < -0.39 is 18.1 Å². The van der Waals surface area contributed by atoms with E-state index in [2.05, 4.69) is 10.9 Å². The number of hydrogen-bond donors (Lipinski definition) is 4. The fourth-order valence-electron chi connectivity index (χ4n) is 5.25. The van der Waals surface area contributed by atoms with Gasteiger partial charge < -0.3 is 19.8 Å². The van der Waals surface area contributed by atoms with E-state index in [0.29, 0.717) is 22.9 Å². The number of rotatable bonds is 6. The number of nitrogens with one attached hydrogen (secondary N) is 2. The number of carbonyl (C=O) groups is 1. The van der Waals surface area contributed by atoms with E-state index in [1.54, 1.807) is 47.4 Å². The molecule has 3 aromatic rings. The number of hydrogen-bond acceptors (Lipinski definition) is 6. The third-order valence-corrected chi connectivity index (χ3v) is 7.36. The molecular weight excluding hydrogens is 485 g/mol. The summed E-state index contributed by atoms with van der Waals surface area (Å²) in [5.74, 6) is -0.397. The van der Waals surface area contributed by atoms with E-state index in [1.165, 1.54) is 12.1 Å². The standard InChI is InChI=1S/C27H27ClFN3O4/c1-3-36-22-11-16(6-9-20(22)33)26-23-24(18-12-19(28)14(2)10-21(18)34)30-31-25(23)27(35)32(26)13-15-4-7-17(29)8-5-15/h4-12,23-26,30-31,33-34H,3,13H2,1-2H3. The zero-order valence-electron chi connectivity index (χ0n) is 19.8. The minimum absolute atomic E-state index is 0.00809. The Morgan fingerprint density at radius 3 is 2.47 bits per heavy atom. The Hall–Kier alpha value is -3.33. The molecule has 36 heavy (non-hydrogen) atoms. The molecule has 7 nitrogen and oxygen atoms in total. The van der Waals surface area contributed by atoms with Crippen LogP contribution >= 0.6 is 11.6 Å². The number of nitrogens with zero attached hydrogens (tertiary/aromatic N) is 1. The molecule has 2 saturated heterocycles. The Kier molecular flexibility index (Phi) is 6.51. The van der Waals surface area contributed by atoms with Gasteiger partial charge >= 0.3 is 0 Å². The zero-order chi connectivity index (χ0) is 25.6. The number of likely N-dealkylation sites (tertiary alicyclic amines) is 1. The van der Waals surface area contributed by atoms with E-state index in [-0.39, 0.29) is 35.7 Å². The lowest BCUT2D eigenvalue weighted by atomic mass is 9.82. The van der Waals surface area contributed by atoms with Crippen LogP contribution < -0.4 is 15.6 Å². The van der Waals surface area contributed by atoms with Crippen molar-refractivity contribution < 1.29 is 24.1 Å². The van der Waals surface area contributed by atoms with Crippen molar-refractivity contribution in [3.8, 4) is 17.2 Å². The average Bonchev–Trinajstić information content (AvgIpc) is 3.38. The SMILES string of the molecule is CCOc1cc(C2C3C(NNC3c3cc(Cl)c(C)cc3O)C(=O)N2Cc2ccc(F)cc2)ccc1O. The highest BCUT2D eigenvalue weighted by Gasteiger charge is 2.56. The molecule has 2 heterocycles. The maximum Gasteiger partial charge on any atom is 0.242 e. The monoisotopic (exact) mass is 511 g/mol. The predicted molar refractivity (Wildman–Crippen MR) is 133 cm³/mol. The molecule has 4 unspecified atom stereocenters. The molecule has 0 aliphatic carbocycles. The van der Waals surface area contributed by atoms with Crippen LogP contribution in [0.2, 0.25) is 5.02 Å². The Bertz CT molecular complexity index is 1300. The molecule has 9 heteroatoms. The van der Waals surface area contributed by atoms with Crippen LogP contribution in [0.25, 0.3) is 0 Å². The van der Waals surface area contributed by atoms with Crippen LogP contribution in [0.5, 0.6) is 17.2 Å². The number of benzene rings is 3. The second-order valence-corrected chi connectivity index (χ2v) is 9.59. The number of aromatic hydroxyl groups is 2. The van der Waals surface area contributed by atoms with Gasteiger partial charge in [-0.1, -0.05) is 29.8 Å². The molecule has 1 amide bonds. The van der Waals surface area contributed by atoms with Crippen LogP contribution in [-0.4, -0.2) is 33.7 Å². The first-order valence-corrected chi connectivity index (χ1v) is 12.2. The molecule has 4 N–H and O–H groups in total.